The van der Waals surface area contributed by atoms with Crippen LogP contribution in [0.4, 0.5) is 0 Å². The Labute approximate surface area is 99.0 Å². The van der Waals surface area contributed by atoms with Crippen LogP contribution >= 0.6 is 0 Å². The first-order chi connectivity index (χ1) is 7.59. The molecule has 1 fully saturated rings. The summed E-state index contributed by atoms with van der Waals surface area (Å²) >= 11 is 0. The molecule has 1 saturated heterocycles. The first-order valence-electron chi connectivity index (χ1n) is 6.28. The van der Waals surface area contributed by atoms with Crippen molar-refractivity contribution >= 4 is 5.91 Å². The highest BCUT2D eigenvalue weighted by Crippen LogP contribution is 2.00. The fourth-order valence-electron chi connectivity index (χ4n) is 1.91. The normalized spacial score (nSPS) is 18.1. The van der Waals surface area contributed by atoms with Crippen molar-refractivity contribution in [2.24, 2.45) is 5.92 Å². The average Bonchev–Trinajstić information content (AvgIpc) is 2.25. The molecule has 1 heterocycles. The van der Waals surface area contributed by atoms with Crippen LogP contribution in [-0.4, -0.2) is 61.5 Å². The zero-order chi connectivity index (χ0) is 12.0. The van der Waals surface area contributed by atoms with Crippen LogP contribution in [0, 0.1) is 5.92 Å². The molecule has 0 aromatic carbocycles. The largest absolute Gasteiger partial charge is 0.340 e. The third-order valence-electron chi connectivity index (χ3n) is 2.98. The summed E-state index contributed by atoms with van der Waals surface area (Å²) in [4.78, 5) is 15.5. The highest BCUT2D eigenvalue weighted by molar-refractivity contribution is 5.73. The Bertz CT molecular complexity index is 210. The molecule has 1 aliphatic rings. The van der Waals surface area contributed by atoms with Crippen molar-refractivity contribution < 1.29 is 4.79 Å². The second kappa shape index (κ2) is 6.86. The third-order valence-corrected chi connectivity index (χ3v) is 2.98. The lowest BCUT2D eigenvalue weighted by molar-refractivity contribution is -0.130. The van der Waals surface area contributed by atoms with Crippen LogP contribution in [0.25, 0.3) is 0 Å². The second-order valence-corrected chi connectivity index (χ2v) is 4.95. The van der Waals surface area contributed by atoms with Crippen molar-refractivity contribution in [1.82, 2.24) is 15.1 Å². The molecule has 0 atom stereocenters. The summed E-state index contributed by atoms with van der Waals surface area (Å²) in [5, 5.41) is 3.44. The summed E-state index contributed by atoms with van der Waals surface area (Å²) < 4.78 is 0. The molecule has 0 aromatic heterocycles. The first-order valence-corrected chi connectivity index (χ1v) is 6.28. The summed E-state index contributed by atoms with van der Waals surface area (Å²) in [6, 6.07) is 0. The van der Waals surface area contributed by atoms with Crippen molar-refractivity contribution in [3.63, 3.8) is 0 Å². The van der Waals surface area contributed by atoms with Crippen LogP contribution < -0.4 is 5.32 Å². The number of carbonyl (C=O) groups excluding carboxylic acids is 1. The van der Waals surface area contributed by atoms with E-state index in [1.165, 1.54) is 0 Å². The standard InChI is InChI=1S/C12H25N3O/c1-11(2)10-13-4-5-14-6-8-15(9-7-14)12(3)16/h11,13H,4-10H2,1-3H3. The van der Waals surface area contributed by atoms with Gasteiger partial charge in [0.2, 0.25) is 5.91 Å². The number of nitrogens with one attached hydrogen (secondary N) is 1. The van der Waals surface area contributed by atoms with E-state index < -0.39 is 0 Å². The number of nitrogens with zero attached hydrogens (tertiary/aromatic N) is 2. The minimum absolute atomic E-state index is 0.206. The van der Waals surface area contributed by atoms with Gasteiger partial charge in [-0.1, -0.05) is 13.8 Å². The van der Waals surface area contributed by atoms with Crippen molar-refractivity contribution in [2.45, 2.75) is 20.8 Å². The smallest absolute Gasteiger partial charge is 0.219 e. The number of hydrogen-bond acceptors (Lipinski definition) is 3. The zero-order valence-corrected chi connectivity index (χ0v) is 10.8. The molecule has 1 aliphatic heterocycles. The van der Waals surface area contributed by atoms with Gasteiger partial charge in [0.05, 0.1) is 0 Å². The van der Waals surface area contributed by atoms with Crippen LogP contribution in [0.1, 0.15) is 20.8 Å². The van der Waals surface area contributed by atoms with Crippen LogP contribution in [0.2, 0.25) is 0 Å². The number of hydrogen-bond donors (Lipinski definition) is 1. The Hall–Kier alpha value is -0.610. The predicted molar refractivity (Wildman–Crippen MR) is 66.4 cm³/mol. The Kier molecular flexibility index (Phi) is 5.77. The highest BCUT2D eigenvalue weighted by Gasteiger charge is 2.17. The molecule has 1 amide bonds. The van der Waals surface area contributed by atoms with Gasteiger partial charge >= 0.3 is 0 Å². The van der Waals surface area contributed by atoms with Gasteiger partial charge in [-0.15, -0.1) is 0 Å². The molecule has 1 N–H and O–H groups in total. The van der Waals surface area contributed by atoms with E-state index >= 15 is 0 Å². The number of amides is 1. The second-order valence-electron chi connectivity index (χ2n) is 4.95. The third kappa shape index (κ3) is 4.94. The summed E-state index contributed by atoms with van der Waals surface area (Å²) in [5.74, 6) is 0.923. The SMILES string of the molecule is CC(=O)N1CCN(CCNCC(C)C)CC1. The van der Waals surface area contributed by atoms with Gasteiger partial charge in [-0.3, -0.25) is 9.69 Å². The van der Waals surface area contributed by atoms with Gasteiger partial charge in [-0.05, 0) is 12.5 Å². The minimum Gasteiger partial charge on any atom is -0.340 e. The number of rotatable bonds is 5. The lowest BCUT2D eigenvalue weighted by atomic mass is 10.2. The first kappa shape index (κ1) is 13.5. The average molecular weight is 227 g/mol. The zero-order valence-electron chi connectivity index (χ0n) is 10.8. The molecule has 0 bridgehead atoms. The van der Waals surface area contributed by atoms with Gasteiger partial charge in [0.25, 0.3) is 0 Å². The van der Waals surface area contributed by atoms with E-state index in [0.717, 1.165) is 51.7 Å². The van der Waals surface area contributed by atoms with E-state index in [4.69, 9.17) is 0 Å². The summed E-state index contributed by atoms with van der Waals surface area (Å²) in [6.07, 6.45) is 0. The summed E-state index contributed by atoms with van der Waals surface area (Å²) in [5.41, 5.74) is 0. The highest BCUT2D eigenvalue weighted by atomic mass is 16.2. The molecule has 0 radical (unpaired) electrons. The monoisotopic (exact) mass is 227 g/mol. The molecule has 0 saturated carbocycles. The van der Waals surface area contributed by atoms with Crippen molar-refractivity contribution in [3.8, 4) is 0 Å². The van der Waals surface area contributed by atoms with Crippen molar-refractivity contribution in [1.29, 1.82) is 0 Å². The van der Waals surface area contributed by atoms with Crippen LogP contribution in [0.5, 0.6) is 0 Å². The lowest BCUT2D eigenvalue weighted by Gasteiger charge is -2.34. The van der Waals surface area contributed by atoms with Gasteiger partial charge in [-0.25, -0.2) is 0 Å². The van der Waals surface area contributed by atoms with Crippen LogP contribution in [0.3, 0.4) is 0 Å². The topological polar surface area (TPSA) is 35.6 Å². The predicted octanol–water partition coefficient (Wildman–Crippen LogP) is 0.396. The Balaban J connectivity index is 2.06. The fraction of sp³-hybridized carbons (Fsp3) is 0.917. The van der Waals surface area contributed by atoms with E-state index in [9.17, 15) is 4.79 Å². The molecule has 0 aromatic rings. The maximum atomic E-state index is 11.1. The molecule has 0 unspecified atom stereocenters. The van der Waals surface area contributed by atoms with E-state index in [-0.39, 0.29) is 5.91 Å². The Morgan fingerprint density at radius 2 is 1.88 bits per heavy atom. The molecule has 4 heteroatoms. The van der Waals surface area contributed by atoms with Gasteiger partial charge in [0.1, 0.15) is 0 Å². The molecule has 0 aliphatic carbocycles. The van der Waals surface area contributed by atoms with Gasteiger partial charge < -0.3 is 10.2 Å². The van der Waals surface area contributed by atoms with E-state index in [2.05, 4.69) is 24.1 Å². The fourth-order valence-corrected chi connectivity index (χ4v) is 1.91. The van der Waals surface area contributed by atoms with E-state index in [0.29, 0.717) is 0 Å². The Morgan fingerprint density at radius 1 is 1.25 bits per heavy atom. The van der Waals surface area contributed by atoms with E-state index in [1.807, 2.05) is 4.90 Å². The van der Waals surface area contributed by atoms with Gasteiger partial charge in [0, 0.05) is 46.2 Å². The summed E-state index contributed by atoms with van der Waals surface area (Å²) in [7, 11) is 0. The van der Waals surface area contributed by atoms with E-state index in [1.54, 1.807) is 6.92 Å². The molecule has 1 rings (SSSR count). The molecule has 16 heavy (non-hydrogen) atoms. The number of carbonyl (C=O) groups is 1. The quantitative estimate of drug-likeness (QED) is 0.690. The molecule has 4 nitrogen and oxygen atoms in total. The maximum Gasteiger partial charge on any atom is 0.219 e. The van der Waals surface area contributed by atoms with Gasteiger partial charge in [-0.2, -0.15) is 0 Å². The van der Waals surface area contributed by atoms with Crippen LogP contribution in [-0.2, 0) is 4.79 Å². The lowest BCUT2D eigenvalue weighted by Crippen LogP contribution is -2.49. The Morgan fingerprint density at radius 3 is 2.38 bits per heavy atom. The molecule has 0 spiro atoms. The number of piperazine rings is 1. The molecule has 94 valence electrons. The summed E-state index contributed by atoms with van der Waals surface area (Å²) in [6.45, 7) is 13.1. The molecular formula is C12H25N3O. The molecular weight excluding hydrogens is 202 g/mol. The maximum absolute atomic E-state index is 11.1. The van der Waals surface area contributed by atoms with Gasteiger partial charge in [0.15, 0.2) is 0 Å². The van der Waals surface area contributed by atoms with Crippen LogP contribution in [0.15, 0.2) is 0 Å². The van der Waals surface area contributed by atoms with Crippen molar-refractivity contribution in [3.05, 3.63) is 0 Å². The van der Waals surface area contributed by atoms with Crippen molar-refractivity contribution in [2.75, 3.05) is 45.8 Å². The minimum atomic E-state index is 0.206.